The molecule has 3 rings (SSSR count). The molecule has 0 unspecified atom stereocenters. The third kappa shape index (κ3) is 6.00. The van der Waals surface area contributed by atoms with Crippen molar-refractivity contribution in [3.63, 3.8) is 0 Å². The third-order valence-corrected chi connectivity index (χ3v) is 6.68. The minimum atomic E-state index is -0.128. The summed E-state index contributed by atoms with van der Waals surface area (Å²) in [4.78, 5) is 0. The summed E-state index contributed by atoms with van der Waals surface area (Å²) in [6.07, 6.45) is 5.81. The first-order valence-electron chi connectivity index (χ1n) is 9.11. The molecule has 2 aromatic rings. The van der Waals surface area contributed by atoms with Gasteiger partial charge in [-0.15, -0.1) is 40.1 Å². The van der Waals surface area contributed by atoms with Crippen molar-refractivity contribution in [2.45, 2.75) is 54.9 Å². The molecule has 0 aromatic heterocycles. The molecule has 0 bridgehead atoms. The topological polar surface area (TPSA) is 0 Å². The molecule has 25 heavy (non-hydrogen) atoms. The summed E-state index contributed by atoms with van der Waals surface area (Å²) in [6, 6.07) is 13.2. The van der Waals surface area contributed by atoms with Crippen molar-refractivity contribution < 1.29 is 22.3 Å². The Labute approximate surface area is 164 Å². The number of fused-ring (bicyclic) bond motifs is 1. The van der Waals surface area contributed by atoms with Crippen LogP contribution in [-0.2, 0) is 22.3 Å². The van der Waals surface area contributed by atoms with Gasteiger partial charge >= 0.3 is 56.4 Å². The predicted octanol–water partition coefficient (Wildman–Crippen LogP) is 6.81. The van der Waals surface area contributed by atoms with Crippen LogP contribution in [0, 0.1) is 5.41 Å². The fourth-order valence-corrected chi connectivity index (χ4v) is 5.54. The van der Waals surface area contributed by atoms with E-state index in [-0.39, 0.29) is 27.7 Å². The summed E-state index contributed by atoms with van der Waals surface area (Å²) < 4.78 is 3.34. The van der Waals surface area contributed by atoms with Crippen molar-refractivity contribution in [1.29, 1.82) is 0 Å². The normalized spacial score (nSPS) is 13.6. The zero-order valence-corrected chi connectivity index (χ0v) is 19.3. The van der Waals surface area contributed by atoms with E-state index >= 15 is 0 Å². The first-order valence-corrected chi connectivity index (χ1v) is 11.6. The maximum atomic E-state index is 2.37. The molecule has 0 nitrogen and oxygen atoms in total. The van der Waals surface area contributed by atoms with Gasteiger partial charge in [-0.3, -0.25) is 0 Å². The molecular formula is C24H31Zr-. The average molecular weight is 411 g/mol. The number of hydrogen-bond acceptors (Lipinski definition) is 0. The molecule has 0 radical (unpaired) electrons. The van der Waals surface area contributed by atoms with E-state index < -0.39 is 0 Å². The summed E-state index contributed by atoms with van der Waals surface area (Å²) in [5.41, 5.74) is 4.55. The number of allylic oxidation sites excluding steroid dienone is 4. The monoisotopic (exact) mass is 409 g/mol. The second-order valence-electron chi connectivity index (χ2n) is 8.28. The van der Waals surface area contributed by atoms with Gasteiger partial charge in [-0.25, -0.2) is 0 Å². The van der Waals surface area contributed by atoms with Crippen LogP contribution < -0.4 is 0 Å². The van der Waals surface area contributed by atoms with E-state index in [1.807, 2.05) is 0 Å². The van der Waals surface area contributed by atoms with E-state index in [0.29, 0.717) is 0 Å². The molecule has 2 aromatic carbocycles. The number of benzene rings is 1. The summed E-state index contributed by atoms with van der Waals surface area (Å²) >= 11 is -0.128. The van der Waals surface area contributed by atoms with Crippen LogP contribution >= 0.6 is 0 Å². The van der Waals surface area contributed by atoms with E-state index in [2.05, 4.69) is 97.0 Å². The Balaban J connectivity index is 0.000000277. The molecule has 132 valence electrons. The quantitative estimate of drug-likeness (QED) is 0.453. The fraction of sp³-hybridized carbons (Fsp3) is 0.375. The Kier molecular flexibility index (Phi) is 6.92. The van der Waals surface area contributed by atoms with Crippen LogP contribution in [0.5, 0.6) is 0 Å². The van der Waals surface area contributed by atoms with Crippen molar-refractivity contribution in [2.75, 3.05) is 0 Å². The van der Waals surface area contributed by atoms with Crippen molar-refractivity contribution in [1.82, 2.24) is 0 Å². The fourth-order valence-electron chi connectivity index (χ4n) is 3.09. The van der Waals surface area contributed by atoms with Gasteiger partial charge in [0.1, 0.15) is 0 Å². The van der Waals surface area contributed by atoms with Gasteiger partial charge in [0, 0.05) is 0 Å². The Morgan fingerprint density at radius 3 is 2.12 bits per heavy atom. The van der Waals surface area contributed by atoms with Gasteiger partial charge < -0.3 is 0 Å². The Morgan fingerprint density at radius 2 is 1.64 bits per heavy atom. The van der Waals surface area contributed by atoms with Gasteiger partial charge in [0.15, 0.2) is 0 Å². The predicted molar refractivity (Wildman–Crippen MR) is 112 cm³/mol. The average Bonchev–Trinajstić information content (AvgIpc) is 3.12. The van der Waals surface area contributed by atoms with E-state index in [1.54, 1.807) is 6.41 Å². The third-order valence-electron chi connectivity index (χ3n) is 4.23. The van der Waals surface area contributed by atoms with Crippen LogP contribution in [0.15, 0.2) is 54.1 Å². The van der Waals surface area contributed by atoms with Crippen LogP contribution in [0.25, 0.3) is 16.3 Å². The molecule has 1 aliphatic carbocycles. The molecule has 0 spiro atoms. The van der Waals surface area contributed by atoms with Crippen molar-refractivity contribution >= 4 is 22.8 Å². The Hall–Kier alpha value is -1.07. The summed E-state index contributed by atoms with van der Waals surface area (Å²) in [5.74, 6) is 0. The number of rotatable bonds is 1. The molecule has 0 saturated heterocycles. The first-order chi connectivity index (χ1) is 11.7. The zero-order valence-electron chi connectivity index (χ0n) is 16.8. The van der Waals surface area contributed by atoms with Gasteiger partial charge in [0.05, 0.1) is 0 Å². The van der Waals surface area contributed by atoms with Crippen LogP contribution in [0.2, 0.25) is 0 Å². The standard InChI is InChI=1S/C18H19.2C3H6.Zr/c1-18(2,3)17-9-8-15(12-17)16-10-13-6-4-5-7-14(13)11-16;2*1-3-2;/h4-7,9-12H,8H2,1-3H3;2*1-2H3;/q-1;;;. The summed E-state index contributed by atoms with van der Waals surface area (Å²) in [6.45, 7) is 15.8. The molecule has 1 heteroatoms. The molecule has 0 N–H and O–H groups in total. The molecule has 0 atom stereocenters. The van der Waals surface area contributed by atoms with E-state index in [0.717, 1.165) is 6.42 Å². The van der Waals surface area contributed by atoms with Crippen LogP contribution in [0.1, 0.15) is 60.5 Å². The first kappa shape index (κ1) is 20.2. The molecular weight excluding hydrogens is 379 g/mol. The van der Waals surface area contributed by atoms with Gasteiger partial charge in [0.25, 0.3) is 0 Å². The van der Waals surface area contributed by atoms with Crippen molar-refractivity contribution in [3.8, 4) is 0 Å². The summed E-state index contributed by atoms with van der Waals surface area (Å²) in [5, 5.41) is 2.69. The second kappa shape index (κ2) is 8.54. The molecule has 1 aliphatic rings. The van der Waals surface area contributed by atoms with Crippen LogP contribution in [0.4, 0.5) is 0 Å². The SMILES string of the molecule is CC(C)(C)C1=CCC(c2cc3ccccc3[cH-]2)=C1.C[C](C)=[Zr]=[C](C)C. The minimum absolute atomic E-state index is 0.128. The Bertz CT molecular complexity index is 819. The molecule has 0 amide bonds. The second-order valence-corrected chi connectivity index (χ2v) is 13.8. The van der Waals surface area contributed by atoms with E-state index in [1.165, 1.54) is 27.5 Å². The van der Waals surface area contributed by atoms with Gasteiger partial charge in [0.2, 0.25) is 0 Å². The van der Waals surface area contributed by atoms with Crippen LogP contribution in [-0.4, -0.2) is 6.41 Å². The zero-order chi connectivity index (χ0) is 18.6. The molecule has 0 aliphatic heterocycles. The van der Waals surface area contributed by atoms with Crippen LogP contribution in [0.3, 0.4) is 0 Å². The molecule has 0 fully saturated rings. The maximum absolute atomic E-state index is 2.37. The van der Waals surface area contributed by atoms with Crippen molar-refractivity contribution in [3.05, 3.63) is 59.7 Å². The van der Waals surface area contributed by atoms with Gasteiger partial charge in [-0.05, 0) is 11.8 Å². The summed E-state index contributed by atoms with van der Waals surface area (Å²) in [7, 11) is 0. The van der Waals surface area contributed by atoms with Gasteiger partial charge in [-0.2, -0.15) is 0 Å². The van der Waals surface area contributed by atoms with Crippen molar-refractivity contribution in [2.24, 2.45) is 5.41 Å². The number of hydrogen-bond donors (Lipinski definition) is 0. The molecule has 0 saturated carbocycles. The Morgan fingerprint density at radius 1 is 1.00 bits per heavy atom. The van der Waals surface area contributed by atoms with Gasteiger partial charge in [-0.1, -0.05) is 56.7 Å². The van der Waals surface area contributed by atoms with E-state index in [4.69, 9.17) is 0 Å². The molecule has 0 heterocycles. The van der Waals surface area contributed by atoms with E-state index in [9.17, 15) is 0 Å².